The summed E-state index contributed by atoms with van der Waals surface area (Å²) in [7, 11) is 0. The zero-order valence-corrected chi connectivity index (χ0v) is 18.3. The molecule has 4 rings (SSSR count). The van der Waals surface area contributed by atoms with Gasteiger partial charge in [-0.15, -0.1) is 0 Å². The number of benzene rings is 2. The normalized spacial score (nSPS) is 11.0. The van der Waals surface area contributed by atoms with E-state index >= 15 is 0 Å². The third-order valence-electron chi connectivity index (χ3n) is 4.44. The van der Waals surface area contributed by atoms with Gasteiger partial charge >= 0.3 is 0 Å². The Morgan fingerprint density at radius 3 is 2.63 bits per heavy atom. The molecule has 0 amide bonds. The minimum absolute atomic E-state index is 0.218. The minimum Gasteiger partial charge on any atom is -0.490 e. The number of para-hydroxylation sites is 1. The van der Waals surface area contributed by atoms with Gasteiger partial charge in [-0.1, -0.05) is 36.5 Å². The highest BCUT2D eigenvalue weighted by Crippen LogP contribution is 2.32. The average molecular weight is 440 g/mol. The number of aromatic nitrogens is 3. The van der Waals surface area contributed by atoms with Crippen LogP contribution in [0.3, 0.4) is 0 Å². The number of H-pyrrole nitrogens is 1. The molecule has 0 bridgehead atoms. The SMILES string of the molecule is CCCOc1ccc(-c2nc3c(sc(=S)n3-c3ccccc3)c(=O)[nH]2)cc1OCC. The fraction of sp³-hybridized carbons (Fsp3) is 0.227. The van der Waals surface area contributed by atoms with Crippen molar-refractivity contribution in [2.45, 2.75) is 20.3 Å². The minimum atomic E-state index is -0.218. The Bertz CT molecular complexity index is 1290. The van der Waals surface area contributed by atoms with E-state index in [2.05, 4.69) is 11.9 Å². The number of nitrogens with zero attached hydrogens (tertiary/aromatic N) is 2. The smallest absolute Gasteiger partial charge is 0.270 e. The van der Waals surface area contributed by atoms with Crippen LogP contribution in [0.2, 0.25) is 0 Å². The average Bonchev–Trinajstić information content (AvgIpc) is 3.10. The second kappa shape index (κ2) is 8.81. The van der Waals surface area contributed by atoms with Crippen molar-refractivity contribution in [2.75, 3.05) is 13.2 Å². The van der Waals surface area contributed by atoms with Gasteiger partial charge in [0.1, 0.15) is 10.5 Å². The van der Waals surface area contributed by atoms with Crippen LogP contribution in [0.5, 0.6) is 11.5 Å². The van der Waals surface area contributed by atoms with Crippen LogP contribution >= 0.6 is 23.6 Å². The molecule has 0 unspecified atom stereocenters. The van der Waals surface area contributed by atoms with Gasteiger partial charge in [-0.25, -0.2) is 4.98 Å². The molecule has 0 saturated carbocycles. The van der Waals surface area contributed by atoms with Crippen molar-refractivity contribution in [3.8, 4) is 28.6 Å². The number of ether oxygens (including phenoxy) is 2. The maximum absolute atomic E-state index is 12.8. The van der Waals surface area contributed by atoms with Gasteiger partial charge in [-0.3, -0.25) is 9.36 Å². The van der Waals surface area contributed by atoms with E-state index in [0.29, 0.717) is 44.8 Å². The third kappa shape index (κ3) is 3.88. The largest absolute Gasteiger partial charge is 0.490 e. The number of hydrogen-bond acceptors (Lipinski definition) is 6. The van der Waals surface area contributed by atoms with Crippen LogP contribution in [0.15, 0.2) is 53.3 Å². The molecule has 2 aromatic carbocycles. The molecule has 154 valence electrons. The topological polar surface area (TPSA) is 69.1 Å². The highest BCUT2D eigenvalue weighted by atomic mass is 32.1. The fourth-order valence-corrected chi connectivity index (χ4v) is 4.38. The molecule has 0 spiro atoms. The van der Waals surface area contributed by atoms with Gasteiger partial charge in [0.15, 0.2) is 21.1 Å². The van der Waals surface area contributed by atoms with Crippen molar-refractivity contribution in [3.63, 3.8) is 0 Å². The van der Waals surface area contributed by atoms with E-state index in [1.54, 1.807) is 0 Å². The Hall–Kier alpha value is -2.97. The Labute approximate surface area is 182 Å². The predicted octanol–water partition coefficient (Wildman–Crippen LogP) is 5.36. The van der Waals surface area contributed by atoms with E-state index < -0.39 is 0 Å². The number of fused-ring (bicyclic) bond motifs is 1. The van der Waals surface area contributed by atoms with Crippen LogP contribution in [0.1, 0.15) is 20.3 Å². The molecule has 1 N–H and O–H groups in total. The molecule has 6 nitrogen and oxygen atoms in total. The lowest BCUT2D eigenvalue weighted by atomic mass is 10.2. The van der Waals surface area contributed by atoms with Crippen molar-refractivity contribution in [1.82, 2.24) is 14.5 Å². The maximum atomic E-state index is 12.8. The predicted molar refractivity (Wildman–Crippen MR) is 123 cm³/mol. The molecule has 30 heavy (non-hydrogen) atoms. The summed E-state index contributed by atoms with van der Waals surface area (Å²) in [5, 5.41) is 0. The summed E-state index contributed by atoms with van der Waals surface area (Å²) in [6.07, 6.45) is 0.903. The van der Waals surface area contributed by atoms with Crippen LogP contribution < -0.4 is 15.0 Å². The zero-order valence-electron chi connectivity index (χ0n) is 16.7. The van der Waals surface area contributed by atoms with E-state index in [4.69, 9.17) is 26.7 Å². The monoisotopic (exact) mass is 439 g/mol. The molecule has 2 aromatic heterocycles. The van der Waals surface area contributed by atoms with Crippen molar-refractivity contribution < 1.29 is 9.47 Å². The van der Waals surface area contributed by atoms with Crippen molar-refractivity contribution in [2.24, 2.45) is 0 Å². The van der Waals surface area contributed by atoms with Gasteiger partial charge in [0, 0.05) is 11.3 Å². The third-order valence-corrected chi connectivity index (χ3v) is 5.80. The molecule has 0 aliphatic heterocycles. The summed E-state index contributed by atoms with van der Waals surface area (Å²) in [4.78, 5) is 20.4. The summed E-state index contributed by atoms with van der Waals surface area (Å²) in [6.45, 7) is 5.08. The first-order chi connectivity index (χ1) is 14.6. The quantitative estimate of drug-likeness (QED) is 0.393. The molecule has 0 radical (unpaired) electrons. The summed E-state index contributed by atoms with van der Waals surface area (Å²) in [5.74, 6) is 1.75. The Balaban J connectivity index is 1.87. The first kappa shape index (κ1) is 20.3. The molecule has 0 atom stereocenters. The van der Waals surface area contributed by atoms with Crippen LogP contribution in [0, 0.1) is 3.95 Å². The Kier molecular flexibility index (Phi) is 5.96. The summed E-state index contributed by atoms with van der Waals surface area (Å²) < 4.78 is 14.4. The highest BCUT2D eigenvalue weighted by Gasteiger charge is 2.16. The van der Waals surface area contributed by atoms with Gasteiger partial charge in [-0.05, 0) is 55.9 Å². The lowest BCUT2D eigenvalue weighted by Crippen LogP contribution is -2.10. The second-order valence-electron chi connectivity index (χ2n) is 6.55. The van der Waals surface area contributed by atoms with E-state index in [-0.39, 0.29) is 5.56 Å². The molecule has 0 aliphatic rings. The van der Waals surface area contributed by atoms with Crippen LogP contribution in [0.25, 0.3) is 27.4 Å². The first-order valence-electron chi connectivity index (χ1n) is 9.73. The van der Waals surface area contributed by atoms with Gasteiger partial charge in [0.2, 0.25) is 0 Å². The standard InChI is InChI=1S/C22H21N3O3S2/c1-3-12-28-16-11-10-14(13-17(16)27-4-2)19-23-20-18(21(26)24-19)30-22(29)25(20)15-8-6-5-7-9-15/h5-11,13H,3-4,12H2,1-2H3,(H,23,24,26). The van der Waals surface area contributed by atoms with Gasteiger partial charge in [0.25, 0.3) is 5.56 Å². The molecule has 8 heteroatoms. The Morgan fingerprint density at radius 1 is 1.10 bits per heavy atom. The fourth-order valence-electron chi connectivity index (χ4n) is 3.11. The number of hydrogen-bond donors (Lipinski definition) is 1. The van der Waals surface area contributed by atoms with E-state index in [1.807, 2.05) is 60.0 Å². The number of thiazole rings is 1. The molecular formula is C22H21N3O3S2. The Morgan fingerprint density at radius 2 is 1.90 bits per heavy atom. The molecule has 2 heterocycles. The summed E-state index contributed by atoms with van der Waals surface area (Å²) >= 11 is 6.77. The molecule has 0 fully saturated rings. The molecular weight excluding hydrogens is 418 g/mol. The molecule has 0 saturated heterocycles. The van der Waals surface area contributed by atoms with Gasteiger partial charge in [0.05, 0.1) is 13.2 Å². The molecule has 0 aliphatic carbocycles. The molecule has 4 aromatic rings. The van der Waals surface area contributed by atoms with Crippen molar-refractivity contribution in [3.05, 3.63) is 62.8 Å². The zero-order chi connectivity index (χ0) is 21.1. The summed E-state index contributed by atoms with van der Waals surface area (Å²) in [5.41, 5.74) is 1.93. The number of aromatic amines is 1. The summed E-state index contributed by atoms with van der Waals surface area (Å²) in [6, 6.07) is 15.2. The first-order valence-corrected chi connectivity index (χ1v) is 11.0. The van der Waals surface area contributed by atoms with Crippen LogP contribution in [-0.4, -0.2) is 27.7 Å². The lowest BCUT2D eigenvalue weighted by Gasteiger charge is -2.13. The van der Waals surface area contributed by atoms with E-state index in [0.717, 1.165) is 17.7 Å². The maximum Gasteiger partial charge on any atom is 0.270 e. The number of rotatable bonds is 7. The van der Waals surface area contributed by atoms with Gasteiger partial charge in [-0.2, -0.15) is 0 Å². The number of nitrogens with one attached hydrogen (secondary N) is 1. The van der Waals surface area contributed by atoms with E-state index in [9.17, 15) is 4.79 Å². The highest BCUT2D eigenvalue weighted by molar-refractivity contribution is 7.73. The lowest BCUT2D eigenvalue weighted by molar-refractivity contribution is 0.277. The van der Waals surface area contributed by atoms with E-state index in [1.165, 1.54) is 11.3 Å². The van der Waals surface area contributed by atoms with Crippen LogP contribution in [-0.2, 0) is 0 Å². The van der Waals surface area contributed by atoms with Crippen LogP contribution in [0.4, 0.5) is 0 Å². The van der Waals surface area contributed by atoms with Gasteiger partial charge < -0.3 is 14.5 Å². The second-order valence-corrected chi connectivity index (χ2v) is 8.19. The van der Waals surface area contributed by atoms with Crippen molar-refractivity contribution in [1.29, 1.82) is 0 Å². The van der Waals surface area contributed by atoms with Crippen molar-refractivity contribution >= 4 is 33.9 Å².